The molecule has 32 heavy (non-hydrogen) atoms. The molecule has 0 heterocycles. The molecule has 0 bridgehead atoms. The van der Waals surface area contributed by atoms with E-state index in [4.69, 9.17) is 16.3 Å². The first-order valence-electron chi connectivity index (χ1n) is 9.35. The summed E-state index contributed by atoms with van der Waals surface area (Å²) in [6.45, 7) is 0. The van der Waals surface area contributed by atoms with Gasteiger partial charge in [-0.1, -0.05) is 41.9 Å². The minimum absolute atomic E-state index is 0.00153. The largest absolute Gasteiger partial charge is 0.495 e. The van der Waals surface area contributed by atoms with Gasteiger partial charge in [0.1, 0.15) is 28.3 Å². The Hall–Kier alpha value is -3.01. The molecular weight excluding hydrogens is 462 g/mol. The molecule has 0 fully saturated rings. The number of methoxy groups -OCH3 is 1. The fourth-order valence-electron chi connectivity index (χ4n) is 2.95. The molecule has 1 atom stereocenters. The minimum Gasteiger partial charge on any atom is -0.495 e. The van der Waals surface area contributed by atoms with Crippen molar-refractivity contribution in [2.24, 2.45) is 0 Å². The van der Waals surface area contributed by atoms with E-state index in [-0.39, 0.29) is 22.9 Å². The zero-order valence-electron chi connectivity index (χ0n) is 16.8. The maximum atomic E-state index is 13.7. The number of hydrogen-bond donors (Lipinski definition) is 2. The van der Waals surface area contributed by atoms with Crippen LogP contribution in [0.4, 0.5) is 14.5 Å². The second-order valence-electron chi connectivity index (χ2n) is 6.78. The Morgan fingerprint density at radius 3 is 2.44 bits per heavy atom. The highest BCUT2D eigenvalue weighted by atomic mass is 35.5. The van der Waals surface area contributed by atoms with Gasteiger partial charge < -0.3 is 10.1 Å². The van der Waals surface area contributed by atoms with E-state index in [0.29, 0.717) is 5.56 Å². The number of hydrogen-bond acceptors (Lipinski definition) is 4. The average Bonchev–Trinajstić information content (AvgIpc) is 2.76. The van der Waals surface area contributed by atoms with Crippen LogP contribution in [-0.4, -0.2) is 27.5 Å². The molecule has 3 rings (SSSR count). The molecule has 1 unspecified atom stereocenters. The molecule has 0 aliphatic rings. The van der Waals surface area contributed by atoms with Gasteiger partial charge in [-0.2, -0.15) is 4.72 Å². The summed E-state index contributed by atoms with van der Waals surface area (Å²) in [5, 5.41) is 2.32. The summed E-state index contributed by atoms with van der Waals surface area (Å²) >= 11 is 5.75. The van der Waals surface area contributed by atoms with E-state index in [1.807, 2.05) is 0 Å². The third kappa shape index (κ3) is 5.82. The van der Waals surface area contributed by atoms with E-state index in [9.17, 15) is 22.0 Å². The molecule has 6 nitrogen and oxygen atoms in total. The predicted molar refractivity (Wildman–Crippen MR) is 117 cm³/mol. The maximum absolute atomic E-state index is 13.7. The monoisotopic (exact) mass is 480 g/mol. The normalized spacial score (nSPS) is 12.2. The number of sulfonamides is 1. The number of anilines is 1. The molecular formula is C22H19ClF2N2O4S. The number of amides is 1. The quantitative estimate of drug-likeness (QED) is 0.507. The van der Waals surface area contributed by atoms with Crippen LogP contribution in [0.5, 0.6) is 5.75 Å². The van der Waals surface area contributed by atoms with Crippen molar-refractivity contribution in [2.45, 2.75) is 17.4 Å². The summed E-state index contributed by atoms with van der Waals surface area (Å²) in [7, 11) is -3.11. The molecule has 0 saturated heterocycles. The van der Waals surface area contributed by atoms with E-state index in [1.165, 1.54) is 25.3 Å². The van der Waals surface area contributed by atoms with Gasteiger partial charge in [0.15, 0.2) is 0 Å². The van der Waals surface area contributed by atoms with Crippen molar-refractivity contribution in [3.05, 3.63) is 89.0 Å². The third-order valence-corrected chi connectivity index (χ3v) is 6.28. The molecule has 0 aliphatic heterocycles. The van der Waals surface area contributed by atoms with E-state index in [2.05, 4.69) is 10.0 Å². The second kappa shape index (κ2) is 10.1. The Morgan fingerprint density at radius 1 is 1.06 bits per heavy atom. The highest BCUT2D eigenvalue weighted by molar-refractivity contribution is 7.89. The van der Waals surface area contributed by atoms with Crippen LogP contribution in [0, 0.1) is 11.6 Å². The van der Waals surface area contributed by atoms with Gasteiger partial charge in [-0.3, -0.25) is 4.79 Å². The molecule has 0 spiro atoms. The number of nitrogens with one attached hydrogen (secondary N) is 2. The fourth-order valence-corrected chi connectivity index (χ4v) is 4.51. The zero-order chi connectivity index (χ0) is 23.3. The van der Waals surface area contributed by atoms with Gasteiger partial charge in [-0.15, -0.1) is 0 Å². The van der Waals surface area contributed by atoms with Crippen LogP contribution >= 0.6 is 11.6 Å². The smallest absolute Gasteiger partial charge is 0.245 e. The van der Waals surface area contributed by atoms with Crippen LogP contribution in [0.2, 0.25) is 5.02 Å². The van der Waals surface area contributed by atoms with E-state index >= 15 is 0 Å². The SMILES string of the molecule is COc1ccc(F)cc1S(=O)(=O)NC(Cc1ccccc1)C(=O)Nc1ccc(F)c(Cl)c1. The Bertz CT molecular complexity index is 1220. The van der Waals surface area contributed by atoms with Crippen LogP contribution in [0.1, 0.15) is 5.56 Å². The Morgan fingerprint density at radius 2 is 1.78 bits per heavy atom. The van der Waals surface area contributed by atoms with Crippen molar-refractivity contribution in [3.8, 4) is 5.75 Å². The van der Waals surface area contributed by atoms with Gasteiger partial charge >= 0.3 is 0 Å². The lowest BCUT2D eigenvalue weighted by Crippen LogP contribution is -2.45. The molecule has 0 aliphatic carbocycles. The predicted octanol–water partition coefficient (Wildman–Crippen LogP) is 4.16. The van der Waals surface area contributed by atoms with Gasteiger partial charge in [0.25, 0.3) is 0 Å². The maximum Gasteiger partial charge on any atom is 0.245 e. The molecule has 0 radical (unpaired) electrons. The third-order valence-electron chi connectivity index (χ3n) is 4.50. The Labute approximate surface area is 189 Å². The van der Waals surface area contributed by atoms with Gasteiger partial charge in [0.05, 0.1) is 12.1 Å². The molecule has 168 valence electrons. The lowest BCUT2D eigenvalue weighted by molar-refractivity contribution is -0.117. The first-order valence-corrected chi connectivity index (χ1v) is 11.2. The highest BCUT2D eigenvalue weighted by Crippen LogP contribution is 2.25. The first-order chi connectivity index (χ1) is 15.2. The zero-order valence-corrected chi connectivity index (χ0v) is 18.4. The molecule has 1 amide bonds. The summed E-state index contributed by atoms with van der Waals surface area (Å²) in [5.74, 6) is -2.24. The standard InChI is InChI=1S/C22H19ClF2N2O4S/c1-31-20-10-7-15(24)12-21(20)32(29,30)27-19(11-14-5-3-2-4-6-14)22(28)26-16-8-9-18(25)17(23)13-16/h2-10,12-13,19,27H,11H2,1H3,(H,26,28). The summed E-state index contributed by atoms with van der Waals surface area (Å²) in [6.07, 6.45) is -0.00153. The Kier molecular flexibility index (Phi) is 7.44. The van der Waals surface area contributed by atoms with Crippen molar-refractivity contribution in [2.75, 3.05) is 12.4 Å². The van der Waals surface area contributed by atoms with E-state index < -0.39 is 38.5 Å². The number of halogens is 3. The minimum atomic E-state index is -4.36. The highest BCUT2D eigenvalue weighted by Gasteiger charge is 2.29. The Balaban J connectivity index is 1.92. The summed E-state index contributed by atoms with van der Waals surface area (Å²) in [4.78, 5) is 12.5. The number of carbonyl (C=O) groups is 1. The summed E-state index contributed by atoms with van der Waals surface area (Å²) in [5.41, 5.74) is 0.862. The van der Waals surface area contributed by atoms with Gasteiger partial charge in [-0.05, 0) is 48.4 Å². The summed E-state index contributed by atoms with van der Waals surface area (Å²) in [6, 6.07) is 14.1. The van der Waals surface area contributed by atoms with E-state index in [0.717, 1.165) is 18.2 Å². The topological polar surface area (TPSA) is 84.5 Å². The molecule has 3 aromatic carbocycles. The average molecular weight is 481 g/mol. The van der Waals surface area contributed by atoms with Crippen molar-refractivity contribution < 1.29 is 26.7 Å². The van der Waals surface area contributed by atoms with Crippen molar-refractivity contribution >= 4 is 33.2 Å². The second-order valence-corrected chi connectivity index (χ2v) is 8.87. The molecule has 0 saturated carbocycles. The van der Waals surface area contributed by atoms with Crippen LogP contribution in [0.25, 0.3) is 0 Å². The van der Waals surface area contributed by atoms with Gasteiger partial charge in [-0.25, -0.2) is 17.2 Å². The van der Waals surface area contributed by atoms with Crippen molar-refractivity contribution in [3.63, 3.8) is 0 Å². The summed E-state index contributed by atoms with van der Waals surface area (Å²) < 4.78 is 60.5. The molecule has 3 aromatic rings. The van der Waals surface area contributed by atoms with E-state index in [1.54, 1.807) is 30.3 Å². The number of benzene rings is 3. The molecule has 0 aromatic heterocycles. The number of ether oxygens (including phenoxy) is 1. The van der Waals surface area contributed by atoms with Gasteiger partial charge in [0, 0.05) is 5.69 Å². The van der Waals surface area contributed by atoms with Crippen molar-refractivity contribution in [1.29, 1.82) is 0 Å². The first kappa shape index (κ1) is 23.6. The molecule has 10 heteroatoms. The number of carbonyl (C=O) groups excluding carboxylic acids is 1. The fraction of sp³-hybridized carbons (Fsp3) is 0.136. The van der Waals surface area contributed by atoms with Crippen LogP contribution in [-0.2, 0) is 21.2 Å². The van der Waals surface area contributed by atoms with Gasteiger partial charge in [0.2, 0.25) is 15.9 Å². The lowest BCUT2D eigenvalue weighted by atomic mass is 10.1. The lowest BCUT2D eigenvalue weighted by Gasteiger charge is -2.20. The van der Waals surface area contributed by atoms with Crippen LogP contribution < -0.4 is 14.8 Å². The van der Waals surface area contributed by atoms with Crippen molar-refractivity contribution in [1.82, 2.24) is 4.72 Å². The molecule has 2 N–H and O–H groups in total. The number of rotatable bonds is 8. The van der Waals surface area contributed by atoms with Crippen LogP contribution in [0.15, 0.2) is 71.6 Å². The van der Waals surface area contributed by atoms with Crippen LogP contribution in [0.3, 0.4) is 0 Å².